The number of nitrogens with two attached hydrogens (primary N) is 2. The molecule has 0 radical (unpaired) electrons. The van der Waals surface area contributed by atoms with E-state index in [0.29, 0.717) is 37.6 Å². The van der Waals surface area contributed by atoms with Gasteiger partial charge in [-0.25, -0.2) is 0 Å². The molecule has 0 heterocycles. The van der Waals surface area contributed by atoms with E-state index in [1.54, 1.807) is 28.1 Å². The van der Waals surface area contributed by atoms with Crippen molar-refractivity contribution in [2.75, 3.05) is 34.0 Å². The van der Waals surface area contributed by atoms with Crippen LogP contribution in [0.5, 0.6) is 11.5 Å². The van der Waals surface area contributed by atoms with Gasteiger partial charge >= 0.3 is 0 Å². The average Bonchev–Trinajstić information content (AvgIpc) is 2.91. The van der Waals surface area contributed by atoms with Gasteiger partial charge in [0.2, 0.25) is 11.8 Å². The fourth-order valence-corrected chi connectivity index (χ4v) is 4.30. The van der Waals surface area contributed by atoms with E-state index in [4.69, 9.17) is 33.9 Å². The predicted molar refractivity (Wildman–Crippen MR) is 155 cm³/mol. The second-order valence-electron chi connectivity index (χ2n) is 10.9. The smallest absolute Gasteiger partial charge is 0.224 e. The molecular weight excluding hydrogens is 500 g/mol. The zero-order valence-electron chi connectivity index (χ0n) is 30.3. The van der Waals surface area contributed by atoms with Crippen LogP contribution in [-0.4, -0.2) is 63.0 Å². The van der Waals surface area contributed by atoms with E-state index in [-0.39, 0.29) is 24.2 Å². The Hall–Kier alpha value is -2.36. The van der Waals surface area contributed by atoms with Crippen LogP contribution in [0, 0.1) is 29.1 Å². The SMILES string of the molecule is [2H][13C]([2H])([2H])C(CNC(=O)[C@@H](C[C@H](O)[C@@H](N)C[C@H](Cc1ccc(OC)c(OCCCOC)c1)C(C)C)C(C)C)(C(N)=O)[13C]([2H])([2H])[2H]. The van der Waals surface area contributed by atoms with E-state index < -0.39 is 55.5 Å². The summed E-state index contributed by atoms with van der Waals surface area (Å²) in [7, 11) is 3.21. The molecule has 0 unspecified atom stereocenters. The van der Waals surface area contributed by atoms with Crippen molar-refractivity contribution in [3.05, 3.63) is 23.8 Å². The van der Waals surface area contributed by atoms with Crippen LogP contribution in [0.2, 0.25) is 0 Å². The maximum absolute atomic E-state index is 13.2. The number of ether oxygens (including phenoxy) is 3. The number of carbonyl (C=O) groups is 2. The molecule has 1 aromatic carbocycles. The Kier molecular flexibility index (Phi) is 10.9. The van der Waals surface area contributed by atoms with Gasteiger partial charge in [0, 0.05) is 46.9 Å². The van der Waals surface area contributed by atoms with E-state index in [0.717, 1.165) is 12.0 Å². The molecule has 6 N–H and O–H groups in total. The summed E-state index contributed by atoms with van der Waals surface area (Å²) in [6.07, 6.45) is 0.689. The predicted octanol–water partition coefficient (Wildman–Crippen LogP) is 3.29. The molecule has 0 aliphatic heterocycles. The summed E-state index contributed by atoms with van der Waals surface area (Å²) in [4.78, 5) is 25.4. The molecule has 224 valence electrons. The van der Waals surface area contributed by atoms with Crippen molar-refractivity contribution in [3.8, 4) is 11.5 Å². The first-order chi connectivity index (χ1) is 20.7. The van der Waals surface area contributed by atoms with Gasteiger partial charge in [-0.05, 0) is 68.4 Å². The molecule has 0 aromatic heterocycles. The van der Waals surface area contributed by atoms with Crippen molar-refractivity contribution in [3.63, 3.8) is 0 Å². The number of aliphatic hydroxyl groups excluding tert-OH is 1. The minimum absolute atomic E-state index is 0.0530. The molecule has 0 aliphatic carbocycles. The molecule has 0 bridgehead atoms. The summed E-state index contributed by atoms with van der Waals surface area (Å²) in [5, 5.41) is 13.4. The fraction of sp³-hybridized carbons (Fsp3) is 0.733. The molecule has 0 saturated heterocycles. The number of aliphatic hydroxyl groups is 1. The highest BCUT2D eigenvalue weighted by Crippen LogP contribution is 2.32. The normalized spacial score (nSPS) is 18.0. The highest BCUT2D eigenvalue weighted by Gasteiger charge is 2.32. The van der Waals surface area contributed by atoms with Gasteiger partial charge in [-0.3, -0.25) is 9.59 Å². The van der Waals surface area contributed by atoms with E-state index in [1.165, 1.54) is 0 Å². The van der Waals surface area contributed by atoms with E-state index in [1.807, 2.05) is 18.2 Å². The molecule has 9 heteroatoms. The molecule has 9 nitrogen and oxygen atoms in total. The van der Waals surface area contributed by atoms with Crippen LogP contribution in [0.3, 0.4) is 0 Å². The Balaban J connectivity index is 3.03. The summed E-state index contributed by atoms with van der Waals surface area (Å²) in [6, 6.07) is 5.06. The van der Waals surface area contributed by atoms with Crippen molar-refractivity contribution in [2.24, 2.45) is 40.6 Å². The van der Waals surface area contributed by atoms with Crippen LogP contribution in [0.4, 0.5) is 0 Å². The molecule has 39 heavy (non-hydrogen) atoms. The van der Waals surface area contributed by atoms with Crippen LogP contribution < -0.4 is 26.3 Å². The quantitative estimate of drug-likeness (QED) is 0.150. The van der Waals surface area contributed by atoms with Crippen LogP contribution in [0.15, 0.2) is 18.2 Å². The third-order valence-electron chi connectivity index (χ3n) is 7.07. The summed E-state index contributed by atoms with van der Waals surface area (Å²) in [5.74, 6) is -1.90. The summed E-state index contributed by atoms with van der Waals surface area (Å²) < 4.78 is 62.8. The molecule has 4 atom stereocenters. The molecular formula is C30H53N3O6. The Morgan fingerprint density at radius 2 is 1.77 bits per heavy atom. The monoisotopic (exact) mass is 559 g/mol. The molecule has 1 rings (SSSR count). The van der Waals surface area contributed by atoms with Crippen molar-refractivity contribution in [2.45, 2.75) is 79.2 Å². The number of amides is 2. The highest BCUT2D eigenvalue weighted by atomic mass is 16.5. The maximum atomic E-state index is 13.2. The lowest BCUT2D eigenvalue weighted by Gasteiger charge is -2.30. The molecule has 0 saturated carbocycles. The number of hydrogen-bond donors (Lipinski definition) is 4. The van der Waals surface area contributed by atoms with E-state index >= 15 is 0 Å². The molecule has 0 fully saturated rings. The van der Waals surface area contributed by atoms with Gasteiger partial charge in [0.1, 0.15) is 0 Å². The third kappa shape index (κ3) is 11.7. The first-order valence-electron chi connectivity index (χ1n) is 16.5. The van der Waals surface area contributed by atoms with Crippen molar-refractivity contribution < 1.29 is 37.1 Å². The van der Waals surface area contributed by atoms with Gasteiger partial charge in [0.05, 0.1) is 25.2 Å². The molecule has 1 aromatic rings. The fourth-order valence-electron chi connectivity index (χ4n) is 4.30. The second kappa shape index (κ2) is 16.7. The summed E-state index contributed by atoms with van der Waals surface area (Å²) >= 11 is 0. The lowest BCUT2D eigenvalue weighted by atomic mass is 9.80. The third-order valence-corrected chi connectivity index (χ3v) is 7.07. The van der Waals surface area contributed by atoms with Gasteiger partial charge in [0.15, 0.2) is 11.5 Å². The number of rotatable bonds is 19. The Morgan fingerprint density at radius 3 is 2.31 bits per heavy atom. The highest BCUT2D eigenvalue weighted by molar-refractivity contribution is 5.83. The van der Waals surface area contributed by atoms with Gasteiger partial charge in [-0.2, -0.15) is 0 Å². The number of hydrogen-bond acceptors (Lipinski definition) is 7. The minimum Gasteiger partial charge on any atom is -0.493 e. The maximum Gasteiger partial charge on any atom is 0.224 e. The van der Waals surface area contributed by atoms with Crippen LogP contribution >= 0.6 is 0 Å². The van der Waals surface area contributed by atoms with Gasteiger partial charge < -0.3 is 36.1 Å². The topological polar surface area (TPSA) is 146 Å². The zero-order chi connectivity index (χ0) is 34.8. The van der Waals surface area contributed by atoms with Gasteiger partial charge in [-0.1, -0.05) is 33.8 Å². The Morgan fingerprint density at radius 1 is 1.08 bits per heavy atom. The van der Waals surface area contributed by atoms with Crippen LogP contribution in [0.1, 0.15) is 74.4 Å². The minimum atomic E-state index is -3.31. The first kappa shape index (κ1) is 25.6. The van der Waals surface area contributed by atoms with Crippen LogP contribution in [0.25, 0.3) is 0 Å². The van der Waals surface area contributed by atoms with Crippen molar-refractivity contribution >= 4 is 11.8 Å². The zero-order valence-corrected chi connectivity index (χ0v) is 24.3. The number of benzene rings is 1. The average molecular weight is 560 g/mol. The Labute approximate surface area is 243 Å². The number of carbonyl (C=O) groups excluding carboxylic acids is 2. The molecule has 2 amide bonds. The number of nitrogens with one attached hydrogen (secondary N) is 1. The lowest BCUT2D eigenvalue weighted by molar-refractivity contribution is -0.130. The lowest BCUT2D eigenvalue weighted by Crippen LogP contribution is -2.46. The van der Waals surface area contributed by atoms with E-state index in [2.05, 4.69) is 19.2 Å². The van der Waals surface area contributed by atoms with Crippen LogP contribution in [-0.2, 0) is 20.7 Å². The van der Waals surface area contributed by atoms with Gasteiger partial charge in [-0.15, -0.1) is 0 Å². The largest absolute Gasteiger partial charge is 0.493 e. The van der Waals surface area contributed by atoms with Gasteiger partial charge in [0.25, 0.3) is 0 Å². The first-order valence-corrected chi connectivity index (χ1v) is 13.5. The van der Waals surface area contributed by atoms with Crippen molar-refractivity contribution in [1.29, 1.82) is 0 Å². The summed E-state index contributed by atoms with van der Waals surface area (Å²) in [6.45, 7) is 1.06. The summed E-state index contributed by atoms with van der Waals surface area (Å²) in [5.41, 5.74) is 9.79. The number of methoxy groups -OCH3 is 2. The Bertz CT molecular complexity index is 1070. The number of primary amides is 1. The molecule has 0 aliphatic rings. The van der Waals surface area contributed by atoms with E-state index in [9.17, 15) is 14.7 Å². The standard InChI is InChI=1S/C30H53N3O6/c1-19(2)22(14-21-10-11-26(38-8)27(15-21)39-13-9-12-37-7)16-24(31)25(34)17-23(20(3)4)28(35)33-18-30(5,6)29(32)36/h10-11,15,19-20,22-25,34H,9,12-14,16-18,31H2,1-8H3,(H2,32,36)(H,33,35)/t22-,23-,24-,25-/m0/s1/i5+1D3,6+1D3. The molecule has 0 spiro atoms. The second-order valence-corrected chi connectivity index (χ2v) is 10.9. The van der Waals surface area contributed by atoms with Crippen molar-refractivity contribution in [1.82, 2.24) is 5.32 Å².